The largest absolute Gasteiger partial charge is 0.462 e. The highest BCUT2D eigenvalue weighted by molar-refractivity contribution is 5.71. The van der Waals surface area contributed by atoms with Crippen LogP contribution in [0.3, 0.4) is 0 Å². The minimum Gasteiger partial charge on any atom is -0.462 e. The van der Waals surface area contributed by atoms with Crippen molar-refractivity contribution in [3.05, 3.63) is 85.1 Å². The fourth-order valence-corrected chi connectivity index (χ4v) is 5.75. The number of rotatable bonds is 39. The van der Waals surface area contributed by atoms with Gasteiger partial charge in [-0.05, 0) is 83.5 Å². The average molecular weight is 779 g/mol. The molecule has 6 nitrogen and oxygen atoms in total. The molecule has 0 spiro atoms. The van der Waals surface area contributed by atoms with Gasteiger partial charge in [0.1, 0.15) is 13.2 Å². The van der Waals surface area contributed by atoms with Crippen molar-refractivity contribution in [1.29, 1.82) is 0 Å². The molecule has 56 heavy (non-hydrogen) atoms. The average Bonchev–Trinajstić information content (AvgIpc) is 3.19. The van der Waals surface area contributed by atoms with Crippen LogP contribution < -0.4 is 0 Å². The maximum absolute atomic E-state index is 12.7. The van der Waals surface area contributed by atoms with Gasteiger partial charge in [0.2, 0.25) is 0 Å². The smallest absolute Gasteiger partial charge is 0.306 e. The van der Waals surface area contributed by atoms with Gasteiger partial charge in [-0.1, -0.05) is 176 Å². The van der Waals surface area contributed by atoms with E-state index >= 15 is 0 Å². The van der Waals surface area contributed by atoms with E-state index in [0.29, 0.717) is 19.3 Å². The molecule has 0 amide bonds. The lowest BCUT2D eigenvalue weighted by Crippen LogP contribution is -2.30. The molecule has 0 fully saturated rings. The fourth-order valence-electron chi connectivity index (χ4n) is 5.75. The van der Waals surface area contributed by atoms with Crippen LogP contribution in [0.5, 0.6) is 0 Å². The molecule has 0 saturated heterocycles. The summed E-state index contributed by atoms with van der Waals surface area (Å²) in [5.74, 6) is -1.02. The maximum Gasteiger partial charge on any atom is 0.306 e. The lowest BCUT2D eigenvalue weighted by atomic mass is 10.1. The maximum atomic E-state index is 12.7. The van der Waals surface area contributed by atoms with Crippen molar-refractivity contribution in [3.63, 3.8) is 0 Å². The predicted octanol–water partition coefficient (Wildman–Crippen LogP) is 14.5. The third-order valence-corrected chi connectivity index (χ3v) is 9.15. The molecule has 0 aliphatic carbocycles. The van der Waals surface area contributed by atoms with Crippen molar-refractivity contribution in [2.24, 2.45) is 0 Å². The molecule has 0 aromatic carbocycles. The highest BCUT2D eigenvalue weighted by Gasteiger charge is 2.19. The van der Waals surface area contributed by atoms with E-state index in [1.54, 1.807) is 0 Å². The van der Waals surface area contributed by atoms with Crippen molar-refractivity contribution in [1.82, 2.24) is 0 Å². The van der Waals surface area contributed by atoms with Crippen molar-refractivity contribution >= 4 is 17.9 Å². The van der Waals surface area contributed by atoms with Crippen LogP contribution in [0, 0.1) is 0 Å². The first kappa shape index (κ1) is 52.6. The van der Waals surface area contributed by atoms with E-state index in [-0.39, 0.29) is 37.5 Å². The summed E-state index contributed by atoms with van der Waals surface area (Å²) in [5, 5.41) is 0. The third-order valence-electron chi connectivity index (χ3n) is 9.15. The fraction of sp³-hybridized carbons (Fsp3) is 0.660. The molecule has 0 aromatic rings. The molecule has 0 aromatic heterocycles. The van der Waals surface area contributed by atoms with Crippen LogP contribution in [0.1, 0.15) is 194 Å². The second-order valence-corrected chi connectivity index (χ2v) is 14.6. The van der Waals surface area contributed by atoms with Crippen molar-refractivity contribution in [2.75, 3.05) is 13.2 Å². The normalized spacial score (nSPS) is 12.8. The van der Waals surface area contributed by atoms with Crippen molar-refractivity contribution < 1.29 is 28.6 Å². The van der Waals surface area contributed by atoms with Gasteiger partial charge in [0.15, 0.2) is 6.10 Å². The molecule has 0 aliphatic rings. The Balaban J connectivity index is 4.42. The number of carbonyl (C=O) groups is 3. The number of carbonyl (C=O) groups excluding carboxylic acids is 3. The highest BCUT2D eigenvalue weighted by atomic mass is 16.6. The van der Waals surface area contributed by atoms with Crippen LogP contribution in [-0.4, -0.2) is 37.2 Å². The van der Waals surface area contributed by atoms with Gasteiger partial charge < -0.3 is 14.2 Å². The van der Waals surface area contributed by atoms with Gasteiger partial charge in [-0.3, -0.25) is 14.4 Å². The predicted molar refractivity (Wildman–Crippen MR) is 237 cm³/mol. The summed E-state index contributed by atoms with van der Waals surface area (Å²) in [4.78, 5) is 37.5. The minimum atomic E-state index is -0.806. The van der Waals surface area contributed by atoms with Crippen molar-refractivity contribution in [2.45, 2.75) is 200 Å². The molecule has 0 heterocycles. The van der Waals surface area contributed by atoms with E-state index in [1.165, 1.54) is 57.8 Å². The van der Waals surface area contributed by atoms with E-state index in [9.17, 15) is 14.4 Å². The summed E-state index contributed by atoms with van der Waals surface area (Å²) in [6, 6.07) is 0. The van der Waals surface area contributed by atoms with Gasteiger partial charge in [-0.15, -0.1) is 0 Å². The number of allylic oxidation sites excluding steroid dienone is 14. The molecular formula is C50H82O6. The Morgan fingerprint density at radius 3 is 1.21 bits per heavy atom. The van der Waals surface area contributed by atoms with E-state index in [2.05, 4.69) is 93.7 Å². The van der Waals surface area contributed by atoms with Gasteiger partial charge in [-0.25, -0.2) is 0 Å². The molecule has 6 heteroatoms. The molecule has 0 radical (unpaired) electrons. The molecule has 0 N–H and O–H groups in total. The van der Waals surface area contributed by atoms with Crippen LogP contribution >= 0.6 is 0 Å². The van der Waals surface area contributed by atoms with Crippen LogP contribution in [0.4, 0.5) is 0 Å². The minimum absolute atomic E-state index is 0.104. The Morgan fingerprint density at radius 1 is 0.375 bits per heavy atom. The van der Waals surface area contributed by atoms with E-state index in [0.717, 1.165) is 89.9 Å². The monoisotopic (exact) mass is 779 g/mol. The van der Waals surface area contributed by atoms with Gasteiger partial charge in [0, 0.05) is 19.3 Å². The van der Waals surface area contributed by atoms with Crippen LogP contribution in [0.2, 0.25) is 0 Å². The number of ether oxygens (including phenoxy) is 3. The lowest BCUT2D eigenvalue weighted by molar-refractivity contribution is -0.166. The first-order chi connectivity index (χ1) is 27.5. The molecule has 0 rings (SSSR count). The zero-order valence-electron chi connectivity index (χ0n) is 36.1. The first-order valence-electron chi connectivity index (χ1n) is 22.6. The topological polar surface area (TPSA) is 78.9 Å². The molecule has 0 bridgehead atoms. The summed E-state index contributed by atoms with van der Waals surface area (Å²) in [6.07, 6.45) is 56.0. The number of unbranched alkanes of at least 4 members (excludes halogenated alkanes) is 14. The zero-order valence-corrected chi connectivity index (χ0v) is 36.1. The Kier molecular flexibility index (Phi) is 41.6. The van der Waals surface area contributed by atoms with Gasteiger partial charge in [-0.2, -0.15) is 0 Å². The van der Waals surface area contributed by atoms with Crippen LogP contribution in [0.25, 0.3) is 0 Å². The molecule has 1 atom stereocenters. The summed E-state index contributed by atoms with van der Waals surface area (Å²) in [5.41, 5.74) is 0. The summed E-state index contributed by atoms with van der Waals surface area (Å²) < 4.78 is 16.5. The second-order valence-electron chi connectivity index (χ2n) is 14.6. The number of esters is 3. The lowest BCUT2D eigenvalue weighted by Gasteiger charge is -2.18. The standard InChI is InChI=1S/C50H82O6/c1-4-7-10-13-16-18-20-22-23-24-25-26-27-29-30-32-34-37-40-43-49(52)55-46-47(45-54-48(51)42-39-36-15-12-9-6-3)56-50(53)44-41-38-35-33-31-28-21-19-17-14-11-8-5-2/h7,10,16,18-19,21-23,25-26,29-30,34,37,47H,4-6,8-9,11-15,17,20,24,27-28,31-33,35-36,38-46H2,1-3H3/b10-7-,18-16-,21-19-,23-22-,26-25-,30-29-,37-34-. The number of hydrogen-bond acceptors (Lipinski definition) is 6. The Bertz CT molecular complexity index is 1120. The molecule has 1 unspecified atom stereocenters. The molecule has 318 valence electrons. The third kappa shape index (κ3) is 41.7. The molecule has 0 saturated carbocycles. The van der Waals surface area contributed by atoms with Gasteiger partial charge in [0.05, 0.1) is 0 Å². The van der Waals surface area contributed by atoms with Crippen LogP contribution in [0.15, 0.2) is 85.1 Å². The Labute approximate surface area is 344 Å². The quantitative estimate of drug-likeness (QED) is 0.0268. The number of hydrogen-bond donors (Lipinski definition) is 0. The van der Waals surface area contributed by atoms with E-state index in [1.807, 2.05) is 12.2 Å². The van der Waals surface area contributed by atoms with Crippen LogP contribution in [-0.2, 0) is 28.6 Å². The molecular weight excluding hydrogens is 697 g/mol. The molecule has 0 aliphatic heterocycles. The highest BCUT2D eigenvalue weighted by Crippen LogP contribution is 2.12. The summed E-state index contributed by atoms with van der Waals surface area (Å²) in [7, 11) is 0. The summed E-state index contributed by atoms with van der Waals surface area (Å²) >= 11 is 0. The Morgan fingerprint density at radius 2 is 0.732 bits per heavy atom. The van der Waals surface area contributed by atoms with Gasteiger partial charge in [0.25, 0.3) is 0 Å². The first-order valence-corrected chi connectivity index (χ1v) is 22.6. The zero-order chi connectivity index (χ0) is 40.8. The van der Waals surface area contributed by atoms with Gasteiger partial charge >= 0.3 is 17.9 Å². The summed E-state index contributed by atoms with van der Waals surface area (Å²) in [6.45, 7) is 6.35. The van der Waals surface area contributed by atoms with E-state index in [4.69, 9.17) is 14.2 Å². The SMILES string of the molecule is CC/C=C\C/C=C\C/C=C\C/C=C\C/C=C\C/C=C\CCC(=O)OCC(COC(=O)CCCCCCCC)OC(=O)CCCCCCC/C=C\CCCCCC. The Hall–Kier alpha value is -3.41. The second kappa shape index (κ2) is 44.3. The van der Waals surface area contributed by atoms with E-state index < -0.39 is 6.10 Å². The van der Waals surface area contributed by atoms with Crippen molar-refractivity contribution in [3.8, 4) is 0 Å².